The van der Waals surface area contributed by atoms with Gasteiger partial charge in [-0.2, -0.15) is 0 Å². The van der Waals surface area contributed by atoms with Gasteiger partial charge in [-0.05, 0) is 35.6 Å². The van der Waals surface area contributed by atoms with Crippen LogP contribution in [0, 0.1) is 0 Å². The normalized spacial score (nSPS) is 19.3. The fourth-order valence-corrected chi connectivity index (χ4v) is 3.34. The van der Waals surface area contributed by atoms with Gasteiger partial charge in [0.1, 0.15) is 17.2 Å². The highest BCUT2D eigenvalue weighted by molar-refractivity contribution is 6.29. The number of carbonyl (C=O) groups excluding carboxylic acids is 3. The summed E-state index contributed by atoms with van der Waals surface area (Å²) in [5.41, 5.74) is 0.958. The Morgan fingerprint density at radius 1 is 1.21 bits per heavy atom. The summed E-state index contributed by atoms with van der Waals surface area (Å²) < 4.78 is 0. The van der Waals surface area contributed by atoms with Crippen molar-refractivity contribution in [3.8, 4) is 0 Å². The number of anilines is 1. The fourth-order valence-electron chi connectivity index (χ4n) is 3.16. The van der Waals surface area contributed by atoms with Gasteiger partial charge < -0.3 is 10.6 Å². The van der Waals surface area contributed by atoms with Gasteiger partial charge in [-0.3, -0.25) is 14.5 Å². The number of amides is 4. The Labute approximate surface area is 174 Å². The predicted molar refractivity (Wildman–Crippen MR) is 111 cm³/mol. The number of nitrogens with one attached hydrogen (secondary N) is 2. The van der Waals surface area contributed by atoms with E-state index in [0.29, 0.717) is 11.3 Å². The highest BCUT2D eigenvalue weighted by Crippen LogP contribution is 2.31. The number of imide groups is 1. The van der Waals surface area contributed by atoms with Gasteiger partial charge in [-0.1, -0.05) is 56.6 Å². The molecule has 2 aromatic rings. The number of aromatic nitrogens is 1. The Morgan fingerprint density at radius 2 is 1.86 bits per heavy atom. The van der Waals surface area contributed by atoms with Crippen molar-refractivity contribution in [3.05, 3.63) is 58.9 Å². The largest absolute Gasteiger partial charge is 0.325 e. The monoisotopic (exact) mass is 414 g/mol. The fraction of sp³-hybridized carbons (Fsp3) is 0.333. The summed E-state index contributed by atoms with van der Waals surface area (Å²) in [4.78, 5) is 42.5. The van der Waals surface area contributed by atoms with E-state index < -0.39 is 29.9 Å². The van der Waals surface area contributed by atoms with Crippen molar-refractivity contribution in [3.63, 3.8) is 0 Å². The van der Waals surface area contributed by atoms with Crippen molar-refractivity contribution >= 4 is 35.1 Å². The first-order valence-corrected chi connectivity index (χ1v) is 9.55. The Hall–Kier alpha value is -2.93. The molecule has 29 heavy (non-hydrogen) atoms. The number of halogens is 1. The van der Waals surface area contributed by atoms with Gasteiger partial charge in [0.15, 0.2) is 0 Å². The lowest BCUT2D eigenvalue weighted by molar-refractivity contribution is -0.133. The molecule has 0 saturated carbocycles. The summed E-state index contributed by atoms with van der Waals surface area (Å²) >= 11 is 5.80. The SMILES string of the molecule is CC(C)(C)c1ccc(C2(C)NC(=O)N(CC(=O)Nc3ccnc(Cl)c3)C2=O)cc1. The number of benzene rings is 1. The van der Waals surface area contributed by atoms with Crippen LogP contribution in [0.25, 0.3) is 0 Å². The lowest BCUT2D eigenvalue weighted by Crippen LogP contribution is -2.42. The molecule has 1 aromatic heterocycles. The van der Waals surface area contributed by atoms with Crippen molar-refractivity contribution < 1.29 is 14.4 Å². The van der Waals surface area contributed by atoms with Gasteiger partial charge in [0.05, 0.1) is 0 Å². The molecule has 8 heteroatoms. The maximum atomic E-state index is 13.0. The molecule has 0 aliphatic carbocycles. The van der Waals surface area contributed by atoms with Gasteiger partial charge in [0.2, 0.25) is 5.91 Å². The third-order valence-corrected chi connectivity index (χ3v) is 5.12. The molecule has 3 rings (SSSR count). The minimum atomic E-state index is -1.23. The molecule has 1 aliphatic rings. The minimum absolute atomic E-state index is 0.0255. The molecule has 1 aromatic carbocycles. The Kier molecular flexibility index (Phi) is 5.36. The lowest BCUT2D eigenvalue weighted by Gasteiger charge is -2.24. The summed E-state index contributed by atoms with van der Waals surface area (Å²) in [7, 11) is 0. The van der Waals surface area contributed by atoms with Crippen LogP contribution in [0.1, 0.15) is 38.8 Å². The van der Waals surface area contributed by atoms with E-state index in [9.17, 15) is 14.4 Å². The number of urea groups is 1. The number of hydrogen-bond acceptors (Lipinski definition) is 4. The first-order valence-electron chi connectivity index (χ1n) is 9.17. The van der Waals surface area contributed by atoms with Gasteiger partial charge >= 0.3 is 6.03 Å². The third kappa shape index (κ3) is 4.24. The molecule has 7 nitrogen and oxygen atoms in total. The van der Waals surface area contributed by atoms with Gasteiger partial charge in [0, 0.05) is 11.9 Å². The molecule has 1 fully saturated rings. The van der Waals surface area contributed by atoms with Crippen molar-refractivity contribution in [2.45, 2.75) is 38.6 Å². The molecule has 2 N–H and O–H groups in total. The molecular formula is C21H23ClN4O3. The van der Waals surface area contributed by atoms with Crippen LogP contribution in [-0.2, 0) is 20.5 Å². The highest BCUT2D eigenvalue weighted by atomic mass is 35.5. The maximum absolute atomic E-state index is 13.0. The van der Waals surface area contributed by atoms with Crippen LogP contribution in [0.4, 0.5) is 10.5 Å². The second-order valence-electron chi connectivity index (χ2n) is 8.19. The van der Waals surface area contributed by atoms with E-state index in [2.05, 4.69) is 36.4 Å². The summed E-state index contributed by atoms with van der Waals surface area (Å²) in [6, 6.07) is 10.00. The van der Waals surface area contributed by atoms with Gasteiger partial charge in [-0.15, -0.1) is 0 Å². The standard InChI is InChI=1S/C21H23ClN4O3/c1-20(2,3)13-5-7-14(8-6-13)21(4)18(28)26(19(29)25-21)12-17(27)24-15-9-10-23-16(22)11-15/h5-11H,12H2,1-4H3,(H,25,29)(H,23,24,27). The average Bonchev–Trinajstić information content (AvgIpc) is 2.85. The molecule has 1 unspecified atom stereocenters. The zero-order valence-electron chi connectivity index (χ0n) is 16.7. The molecule has 0 radical (unpaired) electrons. The third-order valence-electron chi connectivity index (χ3n) is 4.92. The molecule has 0 bridgehead atoms. The quantitative estimate of drug-likeness (QED) is 0.592. The number of carbonyl (C=O) groups is 3. The van der Waals surface area contributed by atoms with E-state index >= 15 is 0 Å². The van der Waals surface area contributed by atoms with E-state index in [1.54, 1.807) is 13.0 Å². The first-order chi connectivity index (χ1) is 13.5. The van der Waals surface area contributed by atoms with E-state index in [0.717, 1.165) is 10.5 Å². The zero-order valence-corrected chi connectivity index (χ0v) is 17.5. The molecule has 1 aliphatic heterocycles. The van der Waals surface area contributed by atoms with Crippen molar-refractivity contribution in [2.24, 2.45) is 0 Å². The Bertz CT molecular complexity index is 969. The number of hydrogen-bond donors (Lipinski definition) is 2. The van der Waals surface area contributed by atoms with E-state index in [1.807, 2.05) is 24.3 Å². The van der Waals surface area contributed by atoms with E-state index in [-0.39, 0.29) is 10.6 Å². The molecule has 4 amide bonds. The van der Waals surface area contributed by atoms with Crippen LogP contribution in [0.5, 0.6) is 0 Å². The molecule has 0 spiro atoms. The second kappa shape index (κ2) is 7.48. The molecule has 2 heterocycles. The molecule has 1 atom stereocenters. The lowest BCUT2D eigenvalue weighted by atomic mass is 9.84. The smallest absolute Gasteiger partial charge is 0.324 e. The van der Waals surface area contributed by atoms with Crippen molar-refractivity contribution in [1.82, 2.24) is 15.2 Å². The molecule has 1 saturated heterocycles. The van der Waals surface area contributed by atoms with Crippen LogP contribution >= 0.6 is 11.6 Å². The van der Waals surface area contributed by atoms with Crippen molar-refractivity contribution in [1.29, 1.82) is 0 Å². The zero-order chi connectivity index (χ0) is 21.4. The van der Waals surface area contributed by atoms with Crippen LogP contribution in [-0.4, -0.2) is 34.3 Å². The number of pyridine rings is 1. The van der Waals surface area contributed by atoms with Crippen molar-refractivity contribution in [2.75, 3.05) is 11.9 Å². The summed E-state index contributed by atoms with van der Waals surface area (Å²) in [6.07, 6.45) is 1.45. The Morgan fingerprint density at radius 3 is 2.45 bits per heavy atom. The van der Waals surface area contributed by atoms with E-state index in [1.165, 1.54) is 12.3 Å². The highest BCUT2D eigenvalue weighted by Gasteiger charge is 2.49. The van der Waals surface area contributed by atoms with Crippen LogP contribution in [0.15, 0.2) is 42.6 Å². The minimum Gasteiger partial charge on any atom is -0.324 e. The number of rotatable bonds is 4. The van der Waals surface area contributed by atoms with E-state index in [4.69, 9.17) is 11.6 Å². The van der Waals surface area contributed by atoms with Gasteiger partial charge in [0.25, 0.3) is 5.91 Å². The second-order valence-corrected chi connectivity index (χ2v) is 8.58. The topological polar surface area (TPSA) is 91.4 Å². The number of nitrogens with zero attached hydrogens (tertiary/aromatic N) is 2. The summed E-state index contributed by atoms with van der Waals surface area (Å²) in [5, 5.41) is 5.54. The summed E-state index contributed by atoms with van der Waals surface area (Å²) in [5.74, 6) is -0.989. The average molecular weight is 415 g/mol. The predicted octanol–water partition coefficient (Wildman–Crippen LogP) is 3.44. The molecular weight excluding hydrogens is 392 g/mol. The first kappa shape index (κ1) is 20.8. The van der Waals surface area contributed by atoms with Gasteiger partial charge in [-0.25, -0.2) is 9.78 Å². The molecule has 152 valence electrons. The summed E-state index contributed by atoms with van der Waals surface area (Å²) in [6.45, 7) is 7.54. The maximum Gasteiger partial charge on any atom is 0.325 e. The van der Waals surface area contributed by atoms with Crippen LogP contribution in [0.3, 0.4) is 0 Å². The Balaban J connectivity index is 1.75. The van der Waals surface area contributed by atoms with Crippen LogP contribution in [0.2, 0.25) is 5.15 Å². The van der Waals surface area contributed by atoms with Crippen LogP contribution < -0.4 is 10.6 Å².